The highest BCUT2D eigenvalue weighted by Crippen LogP contribution is 2.27. The molecule has 0 radical (unpaired) electrons. The topological polar surface area (TPSA) is 38.9 Å². The molecule has 2 aromatic heterocycles. The van der Waals surface area contributed by atoms with Crippen LogP contribution in [0.15, 0.2) is 18.7 Å². The first-order valence-corrected chi connectivity index (χ1v) is 8.44. The molecule has 5 nitrogen and oxygen atoms in total. The van der Waals surface area contributed by atoms with Gasteiger partial charge in [0, 0.05) is 31.4 Å². The van der Waals surface area contributed by atoms with E-state index in [1.165, 1.54) is 43.6 Å². The number of nitrogens with zero attached hydrogens (tertiary/aromatic N) is 5. The van der Waals surface area contributed by atoms with Gasteiger partial charge < -0.3 is 9.47 Å². The lowest BCUT2D eigenvalue weighted by Gasteiger charge is -2.31. The van der Waals surface area contributed by atoms with Gasteiger partial charge in [0.2, 0.25) is 0 Å². The van der Waals surface area contributed by atoms with Crippen molar-refractivity contribution in [3.63, 3.8) is 0 Å². The number of aromatic nitrogens is 4. The summed E-state index contributed by atoms with van der Waals surface area (Å²) in [6.45, 7) is 7.95. The van der Waals surface area contributed by atoms with Crippen molar-refractivity contribution >= 4 is 0 Å². The van der Waals surface area contributed by atoms with Crippen LogP contribution < -0.4 is 0 Å². The number of rotatable bonds is 5. The molecule has 1 atom stereocenters. The number of imidazole rings is 1. The molecule has 0 aromatic carbocycles. The molecule has 120 valence electrons. The van der Waals surface area contributed by atoms with E-state index in [1.54, 1.807) is 0 Å². The second kappa shape index (κ2) is 6.65. The van der Waals surface area contributed by atoms with E-state index in [0.29, 0.717) is 6.04 Å². The standard InChI is InChI=1S/C17H27N5/c1-4-15(11-21-8-6-5-7-9-21)22-13-18-10-17(22)16-12-20(3)19-14(16)2/h10,12-13,15H,4-9,11H2,1-3H3/t15-/m0/s1. The van der Waals surface area contributed by atoms with E-state index < -0.39 is 0 Å². The predicted molar refractivity (Wildman–Crippen MR) is 88.8 cm³/mol. The number of hydrogen-bond donors (Lipinski definition) is 0. The molecule has 0 saturated carbocycles. The molecular formula is C17H27N5. The lowest BCUT2D eigenvalue weighted by Crippen LogP contribution is -2.35. The normalized spacial score (nSPS) is 17.8. The van der Waals surface area contributed by atoms with Crippen LogP contribution in [0.3, 0.4) is 0 Å². The third kappa shape index (κ3) is 3.09. The molecule has 1 aliphatic heterocycles. The second-order valence-corrected chi connectivity index (χ2v) is 6.41. The van der Waals surface area contributed by atoms with E-state index in [1.807, 2.05) is 24.3 Å². The average molecular weight is 301 g/mol. The minimum Gasteiger partial charge on any atom is -0.326 e. The summed E-state index contributed by atoms with van der Waals surface area (Å²) in [4.78, 5) is 7.03. The summed E-state index contributed by atoms with van der Waals surface area (Å²) in [6.07, 6.45) is 11.3. The summed E-state index contributed by atoms with van der Waals surface area (Å²) < 4.78 is 4.23. The Labute approximate surface area is 133 Å². The number of hydrogen-bond acceptors (Lipinski definition) is 3. The van der Waals surface area contributed by atoms with Crippen molar-refractivity contribution in [1.29, 1.82) is 0 Å². The van der Waals surface area contributed by atoms with E-state index in [9.17, 15) is 0 Å². The Bertz CT molecular complexity index is 606. The Morgan fingerprint density at radius 3 is 2.64 bits per heavy atom. The third-order valence-electron chi connectivity index (χ3n) is 4.74. The predicted octanol–water partition coefficient (Wildman–Crippen LogP) is 3.03. The number of aryl methyl sites for hydroxylation is 2. The second-order valence-electron chi connectivity index (χ2n) is 6.41. The molecule has 22 heavy (non-hydrogen) atoms. The zero-order valence-electron chi connectivity index (χ0n) is 14.0. The fourth-order valence-electron chi connectivity index (χ4n) is 3.51. The number of piperidine rings is 1. The van der Waals surface area contributed by atoms with Crippen LogP contribution >= 0.6 is 0 Å². The van der Waals surface area contributed by atoms with Gasteiger partial charge in [-0.05, 0) is 39.3 Å². The van der Waals surface area contributed by atoms with Crippen molar-refractivity contribution in [2.24, 2.45) is 7.05 Å². The Morgan fingerprint density at radius 2 is 2.00 bits per heavy atom. The molecule has 0 N–H and O–H groups in total. The van der Waals surface area contributed by atoms with Crippen molar-refractivity contribution in [2.75, 3.05) is 19.6 Å². The maximum atomic E-state index is 4.47. The van der Waals surface area contributed by atoms with Gasteiger partial charge in [0.05, 0.1) is 23.9 Å². The van der Waals surface area contributed by atoms with Crippen LogP contribution in [0, 0.1) is 6.92 Å². The largest absolute Gasteiger partial charge is 0.326 e. The van der Waals surface area contributed by atoms with Crippen molar-refractivity contribution in [1.82, 2.24) is 24.2 Å². The van der Waals surface area contributed by atoms with Gasteiger partial charge in [0.25, 0.3) is 0 Å². The molecule has 3 rings (SSSR count). The van der Waals surface area contributed by atoms with Crippen molar-refractivity contribution in [3.05, 3.63) is 24.4 Å². The van der Waals surface area contributed by atoms with Gasteiger partial charge in [-0.1, -0.05) is 13.3 Å². The SMILES string of the molecule is CC[C@@H](CN1CCCCC1)n1cncc1-c1cn(C)nc1C. The zero-order chi connectivity index (χ0) is 15.5. The molecule has 1 saturated heterocycles. The van der Waals surface area contributed by atoms with E-state index >= 15 is 0 Å². The molecule has 3 heterocycles. The van der Waals surface area contributed by atoms with E-state index in [0.717, 1.165) is 18.7 Å². The van der Waals surface area contributed by atoms with Crippen LogP contribution in [0.1, 0.15) is 44.3 Å². The van der Waals surface area contributed by atoms with Crippen LogP contribution in [0.2, 0.25) is 0 Å². The molecule has 0 aliphatic carbocycles. The first-order valence-electron chi connectivity index (χ1n) is 8.44. The Balaban J connectivity index is 1.83. The Hall–Kier alpha value is -1.62. The molecule has 1 aliphatic rings. The quantitative estimate of drug-likeness (QED) is 0.852. The molecule has 0 amide bonds. The summed E-state index contributed by atoms with van der Waals surface area (Å²) in [6, 6.07) is 0.482. The highest BCUT2D eigenvalue weighted by Gasteiger charge is 2.20. The average Bonchev–Trinajstić information content (AvgIpc) is 3.12. The van der Waals surface area contributed by atoms with Crippen LogP contribution in [-0.2, 0) is 7.05 Å². The summed E-state index contributed by atoms with van der Waals surface area (Å²) >= 11 is 0. The van der Waals surface area contributed by atoms with Gasteiger partial charge >= 0.3 is 0 Å². The molecule has 2 aromatic rings. The van der Waals surface area contributed by atoms with Crippen LogP contribution in [-0.4, -0.2) is 43.9 Å². The maximum Gasteiger partial charge on any atom is 0.0954 e. The van der Waals surface area contributed by atoms with Crippen LogP contribution in [0.4, 0.5) is 0 Å². The van der Waals surface area contributed by atoms with Crippen LogP contribution in [0.25, 0.3) is 11.3 Å². The summed E-state index contributed by atoms with van der Waals surface area (Å²) in [7, 11) is 1.97. The lowest BCUT2D eigenvalue weighted by atomic mass is 10.1. The van der Waals surface area contributed by atoms with Gasteiger partial charge in [-0.25, -0.2) is 4.98 Å². The Kier molecular flexibility index (Phi) is 4.62. The minimum absolute atomic E-state index is 0.482. The molecule has 5 heteroatoms. The van der Waals surface area contributed by atoms with Crippen molar-refractivity contribution < 1.29 is 0 Å². The minimum atomic E-state index is 0.482. The van der Waals surface area contributed by atoms with Crippen LogP contribution in [0.5, 0.6) is 0 Å². The van der Waals surface area contributed by atoms with Gasteiger partial charge in [0.15, 0.2) is 0 Å². The van der Waals surface area contributed by atoms with Gasteiger partial charge in [0.1, 0.15) is 0 Å². The highest BCUT2D eigenvalue weighted by atomic mass is 15.3. The molecule has 0 spiro atoms. The maximum absolute atomic E-state index is 4.47. The Morgan fingerprint density at radius 1 is 1.23 bits per heavy atom. The summed E-state index contributed by atoms with van der Waals surface area (Å²) in [5.74, 6) is 0. The highest BCUT2D eigenvalue weighted by molar-refractivity contribution is 5.60. The fourth-order valence-corrected chi connectivity index (χ4v) is 3.51. The lowest BCUT2D eigenvalue weighted by molar-refractivity contribution is 0.194. The number of likely N-dealkylation sites (tertiary alicyclic amines) is 1. The van der Waals surface area contributed by atoms with Gasteiger partial charge in [-0.15, -0.1) is 0 Å². The zero-order valence-corrected chi connectivity index (χ0v) is 14.0. The first kappa shape index (κ1) is 15.3. The molecule has 0 unspecified atom stereocenters. The summed E-state index contributed by atoms with van der Waals surface area (Å²) in [5, 5.41) is 4.47. The monoisotopic (exact) mass is 301 g/mol. The molecule has 0 bridgehead atoms. The van der Waals surface area contributed by atoms with E-state index in [4.69, 9.17) is 0 Å². The first-order chi connectivity index (χ1) is 10.7. The fraction of sp³-hybridized carbons (Fsp3) is 0.647. The van der Waals surface area contributed by atoms with Crippen molar-refractivity contribution in [3.8, 4) is 11.3 Å². The van der Waals surface area contributed by atoms with E-state index in [2.05, 4.69) is 39.6 Å². The van der Waals surface area contributed by atoms with Gasteiger partial charge in [-0.3, -0.25) is 4.68 Å². The van der Waals surface area contributed by atoms with Crippen molar-refractivity contribution in [2.45, 2.75) is 45.6 Å². The van der Waals surface area contributed by atoms with Gasteiger partial charge in [-0.2, -0.15) is 5.10 Å². The smallest absolute Gasteiger partial charge is 0.0954 e. The molecular weight excluding hydrogens is 274 g/mol. The summed E-state index contributed by atoms with van der Waals surface area (Å²) in [5.41, 5.74) is 3.45. The third-order valence-corrected chi connectivity index (χ3v) is 4.74. The van der Waals surface area contributed by atoms with E-state index in [-0.39, 0.29) is 0 Å². The molecule has 1 fully saturated rings.